The van der Waals surface area contributed by atoms with Crippen molar-refractivity contribution in [1.29, 1.82) is 0 Å². The zero-order valence-corrected chi connectivity index (χ0v) is 11.7. The van der Waals surface area contributed by atoms with Crippen molar-refractivity contribution < 1.29 is 0 Å². The van der Waals surface area contributed by atoms with Gasteiger partial charge in [-0.15, -0.1) is 0 Å². The first kappa shape index (κ1) is 13.9. The molecule has 0 bridgehead atoms. The number of hydrogen-bond acceptors (Lipinski definition) is 3. The molecule has 3 nitrogen and oxygen atoms in total. The highest BCUT2D eigenvalue weighted by Crippen LogP contribution is 2.15. The molecular formula is C13H29N3. The van der Waals surface area contributed by atoms with Crippen molar-refractivity contribution in [3.05, 3.63) is 0 Å². The minimum absolute atomic E-state index is 0.333. The molecule has 1 saturated heterocycles. The van der Waals surface area contributed by atoms with E-state index in [0.29, 0.717) is 11.6 Å². The van der Waals surface area contributed by atoms with Crippen molar-refractivity contribution in [2.45, 2.75) is 45.7 Å². The lowest BCUT2D eigenvalue weighted by Crippen LogP contribution is -2.55. The van der Waals surface area contributed by atoms with Crippen molar-refractivity contribution in [3.8, 4) is 0 Å². The summed E-state index contributed by atoms with van der Waals surface area (Å²) in [7, 11) is 2.07. The summed E-state index contributed by atoms with van der Waals surface area (Å²) < 4.78 is 0. The maximum absolute atomic E-state index is 3.39. The second kappa shape index (κ2) is 5.99. The van der Waals surface area contributed by atoms with Gasteiger partial charge in [-0.2, -0.15) is 0 Å². The SMILES string of the molecule is CCC(CN1CCN(C(C)(C)C)CC1)NC. The fourth-order valence-corrected chi connectivity index (χ4v) is 2.34. The molecule has 3 heteroatoms. The molecule has 1 aliphatic heterocycles. The second-order valence-electron chi connectivity index (χ2n) is 5.85. The van der Waals surface area contributed by atoms with E-state index in [4.69, 9.17) is 0 Å². The van der Waals surface area contributed by atoms with E-state index in [1.165, 1.54) is 39.1 Å². The predicted octanol–water partition coefficient (Wildman–Crippen LogP) is 1.40. The number of nitrogens with one attached hydrogen (secondary N) is 1. The Hall–Kier alpha value is -0.120. The molecule has 0 aromatic heterocycles. The molecule has 1 N–H and O–H groups in total. The van der Waals surface area contributed by atoms with Gasteiger partial charge in [-0.25, -0.2) is 0 Å². The number of hydrogen-bond donors (Lipinski definition) is 1. The van der Waals surface area contributed by atoms with Crippen LogP contribution in [0.25, 0.3) is 0 Å². The molecule has 0 aromatic rings. The maximum Gasteiger partial charge on any atom is 0.0189 e. The van der Waals surface area contributed by atoms with Gasteiger partial charge in [0, 0.05) is 44.3 Å². The van der Waals surface area contributed by atoms with Gasteiger partial charge in [0.1, 0.15) is 0 Å². The lowest BCUT2D eigenvalue weighted by molar-refractivity contribution is 0.0582. The smallest absolute Gasteiger partial charge is 0.0189 e. The minimum Gasteiger partial charge on any atom is -0.316 e. The zero-order valence-electron chi connectivity index (χ0n) is 11.7. The molecule has 16 heavy (non-hydrogen) atoms. The highest BCUT2D eigenvalue weighted by molar-refractivity contribution is 4.83. The van der Waals surface area contributed by atoms with Gasteiger partial charge in [0.05, 0.1) is 0 Å². The van der Waals surface area contributed by atoms with Gasteiger partial charge in [-0.1, -0.05) is 6.92 Å². The van der Waals surface area contributed by atoms with Gasteiger partial charge in [0.2, 0.25) is 0 Å². The average molecular weight is 227 g/mol. The molecule has 1 atom stereocenters. The van der Waals surface area contributed by atoms with Crippen molar-refractivity contribution >= 4 is 0 Å². The molecule has 0 amide bonds. The maximum atomic E-state index is 3.39. The van der Waals surface area contributed by atoms with Crippen LogP contribution < -0.4 is 5.32 Å². The van der Waals surface area contributed by atoms with Crippen LogP contribution in [0.2, 0.25) is 0 Å². The summed E-state index contributed by atoms with van der Waals surface area (Å²) in [4.78, 5) is 5.18. The Morgan fingerprint density at radius 1 is 1.12 bits per heavy atom. The summed E-state index contributed by atoms with van der Waals surface area (Å²) in [6.45, 7) is 15.2. The summed E-state index contributed by atoms with van der Waals surface area (Å²) in [6.07, 6.45) is 1.22. The summed E-state index contributed by atoms with van der Waals surface area (Å²) in [5.41, 5.74) is 0.333. The number of piperazine rings is 1. The van der Waals surface area contributed by atoms with E-state index in [-0.39, 0.29) is 0 Å². The lowest BCUT2D eigenvalue weighted by atomic mass is 10.0. The molecule has 0 radical (unpaired) electrons. The highest BCUT2D eigenvalue weighted by Gasteiger charge is 2.26. The van der Waals surface area contributed by atoms with Crippen LogP contribution in [0.15, 0.2) is 0 Å². The highest BCUT2D eigenvalue weighted by atomic mass is 15.3. The van der Waals surface area contributed by atoms with E-state index < -0.39 is 0 Å². The third-order valence-corrected chi connectivity index (χ3v) is 3.70. The Morgan fingerprint density at radius 2 is 1.69 bits per heavy atom. The fourth-order valence-electron chi connectivity index (χ4n) is 2.34. The number of nitrogens with zero attached hydrogens (tertiary/aromatic N) is 2. The van der Waals surface area contributed by atoms with Gasteiger partial charge in [0.25, 0.3) is 0 Å². The van der Waals surface area contributed by atoms with Crippen LogP contribution >= 0.6 is 0 Å². The summed E-state index contributed by atoms with van der Waals surface area (Å²) in [5.74, 6) is 0. The Balaban J connectivity index is 2.32. The van der Waals surface area contributed by atoms with Gasteiger partial charge in [-0.05, 0) is 34.2 Å². The van der Waals surface area contributed by atoms with Gasteiger partial charge in [-0.3, -0.25) is 9.80 Å². The Bertz CT molecular complexity index is 186. The first-order valence-corrected chi connectivity index (χ1v) is 6.62. The number of rotatable bonds is 4. The molecule has 1 aliphatic rings. The minimum atomic E-state index is 0.333. The average Bonchev–Trinajstić information content (AvgIpc) is 2.25. The molecule has 0 aliphatic carbocycles. The van der Waals surface area contributed by atoms with Crippen LogP contribution in [-0.2, 0) is 0 Å². The lowest BCUT2D eigenvalue weighted by Gasteiger charge is -2.43. The predicted molar refractivity (Wildman–Crippen MR) is 70.9 cm³/mol. The van der Waals surface area contributed by atoms with E-state index in [9.17, 15) is 0 Å². The largest absolute Gasteiger partial charge is 0.316 e. The third kappa shape index (κ3) is 4.04. The van der Waals surface area contributed by atoms with Crippen LogP contribution in [0.3, 0.4) is 0 Å². The quantitative estimate of drug-likeness (QED) is 0.783. The van der Waals surface area contributed by atoms with Crippen LogP contribution in [-0.4, -0.2) is 61.2 Å². The second-order valence-corrected chi connectivity index (χ2v) is 5.85. The van der Waals surface area contributed by atoms with E-state index in [0.717, 1.165) is 0 Å². The molecule has 96 valence electrons. The van der Waals surface area contributed by atoms with Crippen molar-refractivity contribution in [2.75, 3.05) is 39.8 Å². The summed E-state index contributed by atoms with van der Waals surface area (Å²) >= 11 is 0. The Kier molecular flexibility index (Phi) is 5.22. The fraction of sp³-hybridized carbons (Fsp3) is 1.00. The summed E-state index contributed by atoms with van der Waals surface area (Å²) in [6, 6.07) is 0.654. The molecule has 1 heterocycles. The molecule has 0 aromatic carbocycles. The van der Waals surface area contributed by atoms with Crippen LogP contribution in [0.5, 0.6) is 0 Å². The molecule has 0 saturated carbocycles. The van der Waals surface area contributed by atoms with Crippen LogP contribution in [0.1, 0.15) is 34.1 Å². The van der Waals surface area contributed by atoms with Gasteiger partial charge < -0.3 is 5.32 Å². The standard InChI is InChI=1S/C13H29N3/c1-6-12(14-5)11-15-7-9-16(10-8-15)13(2,3)4/h12,14H,6-11H2,1-5H3. The first-order valence-electron chi connectivity index (χ1n) is 6.62. The third-order valence-electron chi connectivity index (χ3n) is 3.70. The van der Waals surface area contributed by atoms with Crippen LogP contribution in [0, 0.1) is 0 Å². The van der Waals surface area contributed by atoms with Crippen molar-refractivity contribution in [1.82, 2.24) is 15.1 Å². The first-order chi connectivity index (χ1) is 7.47. The van der Waals surface area contributed by atoms with Crippen molar-refractivity contribution in [2.24, 2.45) is 0 Å². The molecule has 1 unspecified atom stereocenters. The van der Waals surface area contributed by atoms with E-state index in [2.05, 4.69) is 49.9 Å². The summed E-state index contributed by atoms with van der Waals surface area (Å²) in [5, 5.41) is 3.39. The van der Waals surface area contributed by atoms with Crippen molar-refractivity contribution in [3.63, 3.8) is 0 Å². The monoisotopic (exact) mass is 227 g/mol. The normalized spacial score (nSPS) is 22.3. The molecular weight excluding hydrogens is 198 g/mol. The van der Waals surface area contributed by atoms with E-state index in [1.807, 2.05) is 0 Å². The molecule has 0 spiro atoms. The van der Waals surface area contributed by atoms with E-state index in [1.54, 1.807) is 0 Å². The molecule has 1 rings (SSSR count). The topological polar surface area (TPSA) is 18.5 Å². The number of likely N-dealkylation sites (N-methyl/N-ethyl adjacent to an activating group) is 1. The Labute approximate surface area is 101 Å². The molecule has 1 fully saturated rings. The van der Waals surface area contributed by atoms with Crippen LogP contribution in [0.4, 0.5) is 0 Å². The van der Waals surface area contributed by atoms with E-state index >= 15 is 0 Å². The van der Waals surface area contributed by atoms with Gasteiger partial charge in [0.15, 0.2) is 0 Å². The Morgan fingerprint density at radius 3 is 2.06 bits per heavy atom. The zero-order chi connectivity index (χ0) is 12.2. The van der Waals surface area contributed by atoms with Gasteiger partial charge >= 0.3 is 0 Å².